The van der Waals surface area contributed by atoms with Crippen LogP contribution >= 0.6 is 0 Å². The highest BCUT2D eigenvalue weighted by Gasteiger charge is 2.34. The predicted molar refractivity (Wildman–Crippen MR) is 64.9 cm³/mol. The number of aromatic nitrogens is 2. The number of imidazole rings is 1. The Kier molecular flexibility index (Phi) is 3.28. The van der Waals surface area contributed by atoms with Gasteiger partial charge in [-0.15, -0.1) is 0 Å². The molecule has 0 aromatic carbocycles. The molecule has 0 atom stereocenters. The van der Waals surface area contributed by atoms with Crippen LogP contribution in [-0.2, 0) is 19.5 Å². The number of hydrogen-bond acceptors (Lipinski definition) is 2. The van der Waals surface area contributed by atoms with Gasteiger partial charge in [-0.3, -0.25) is 0 Å². The minimum atomic E-state index is -4.17. The van der Waals surface area contributed by atoms with Gasteiger partial charge in [0.05, 0.1) is 5.69 Å². The molecule has 0 bridgehead atoms. The van der Waals surface area contributed by atoms with Gasteiger partial charge < -0.3 is 9.88 Å². The summed E-state index contributed by atoms with van der Waals surface area (Å²) in [7, 11) is 0. The molecule has 2 aliphatic rings. The average Bonchev–Trinajstić information content (AvgIpc) is 2.95. The lowest BCUT2D eigenvalue weighted by atomic mass is 10.1. The minimum Gasteiger partial charge on any atom is -0.322 e. The molecule has 106 valence electrons. The fraction of sp³-hybridized carbons (Fsp3) is 0.769. The molecule has 3 rings (SSSR count). The van der Waals surface area contributed by atoms with Crippen molar-refractivity contribution in [3.63, 3.8) is 0 Å². The number of nitrogens with one attached hydrogen (secondary N) is 1. The van der Waals surface area contributed by atoms with Gasteiger partial charge in [-0.05, 0) is 12.8 Å². The number of hydrogen-bond donors (Lipinski definition) is 1. The van der Waals surface area contributed by atoms with Gasteiger partial charge in [0.1, 0.15) is 12.4 Å². The Hall–Kier alpha value is -1.04. The quantitative estimate of drug-likeness (QED) is 0.898. The van der Waals surface area contributed by atoms with Crippen molar-refractivity contribution in [3.05, 3.63) is 17.2 Å². The van der Waals surface area contributed by atoms with Crippen LogP contribution in [0.4, 0.5) is 13.2 Å². The predicted octanol–water partition coefficient (Wildman–Crippen LogP) is 2.75. The molecular formula is C13H18F3N3. The van der Waals surface area contributed by atoms with Gasteiger partial charge in [0.15, 0.2) is 0 Å². The largest absolute Gasteiger partial charge is 0.406 e. The highest BCUT2D eigenvalue weighted by molar-refractivity contribution is 5.22. The Bertz CT molecular complexity index is 458. The SMILES string of the molecule is FC(F)(F)Cn1c(C2CCCC2)nc2c1CCNC2. The van der Waals surface area contributed by atoms with Crippen molar-refractivity contribution in [2.24, 2.45) is 0 Å². The highest BCUT2D eigenvalue weighted by Crippen LogP contribution is 2.36. The van der Waals surface area contributed by atoms with Crippen LogP contribution in [-0.4, -0.2) is 22.3 Å². The minimum absolute atomic E-state index is 0.216. The van der Waals surface area contributed by atoms with Crippen molar-refractivity contribution >= 4 is 0 Å². The summed E-state index contributed by atoms with van der Waals surface area (Å²) >= 11 is 0. The summed E-state index contributed by atoms with van der Waals surface area (Å²) in [6, 6.07) is 0. The summed E-state index contributed by atoms with van der Waals surface area (Å²) in [5.41, 5.74) is 1.61. The Morgan fingerprint density at radius 2 is 2.00 bits per heavy atom. The molecule has 1 N–H and O–H groups in total. The van der Waals surface area contributed by atoms with E-state index >= 15 is 0 Å². The van der Waals surface area contributed by atoms with E-state index in [-0.39, 0.29) is 5.92 Å². The molecule has 19 heavy (non-hydrogen) atoms. The molecule has 1 aliphatic heterocycles. The van der Waals surface area contributed by atoms with Gasteiger partial charge in [0.25, 0.3) is 0 Å². The molecule has 0 spiro atoms. The molecule has 1 fully saturated rings. The summed E-state index contributed by atoms with van der Waals surface area (Å²) in [6.45, 7) is 0.446. The highest BCUT2D eigenvalue weighted by atomic mass is 19.4. The Balaban J connectivity index is 1.99. The zero-order chi connectivity index (χ0) is 13.5. The van der Waals surface area contributed by atoms with Crippen LogP contribution in [0.2, 0.25) is 0 Å². The lowest BCUT2D eigenvalue weighted by Gasteiger charge is -2.19. The van der Waals surface area contributed by atoms with Crippen molar-refractivity contribution in [2.45, 2.75) is 57.3 Å². The number of halogens is 3. The molecule has 0 unspecified atom stereocenters. The van der Waals surface area contributed by atoms with Crippen molar-refractivity contribution in [1.82, 2.24) is 14.9 Å². The number of alkyl halides is 3. The van der Waals surface area contributed by atoms with Gasteiger partial charge in [0.2, 0.25) is 0 Å². The molecule has 1 aromatic heterocycles. The molecular weight excluding hydrogens is 255 g/mol. The number of rotatable bonds is 2. The maximum atomic E-state index is 12.8. The van der Waals surface area contributed by atoms with E-state index in [9.17, 15) is 13.2 Å². The first-order valence-electron chi connectivity index (χ1n) is 6.90. The summed E-state index contributed by atoms with van der Waals surface area (Å²) in [6.07, 6.45) is 0.624. The van der Waals surface area contributed by atoms with Gasteiger partial charge in [-0.2, -0.15) is 13.2 Å². The van der Waals surface area contributed by atoms with Crippen molar-refractivity contribution in [2.75, 3.05) is 6.54 Å². The van der Waals surface area contributed by atoms with Gasteiger partial charge in [-0.1, -0.05) is 12.8 Å². The van der Waals surface area contributed by atoms with E-state index in [1.165, 1.54) is 4.57 Å². The monoisotopic (exact) mass is 273 g/mol. The summed E-state index contributed by atoms with van der Waals surface area (Å²) < 4.78 is 39.8. The normalized spacial score (nSPS) is 20.8. The van der Waals surface area contributed by atoms with Crippen molar-refractivity contribution in [3.8, 4) is 0 Å². The molecule has 0 amide bonds. The Morgan fingerprint density at radius 3 is 2.68 bits per heavy atom. The fourth-order valence-corrected chi connectivity index (χ4v) is 3.24. The van der Waals surface area contributed by atoms with Crippen LogP contribution < -0.4 is 5.32 Å². The third-order valence-corrected chi connectivity index (χ3v) is 4.07. The third-order valence-electron chi connectivity index (χ3n) is 4.07. The molecule has 1 saturated carbocycles. The number of fused-ring (bicyclic) bond motifs is 1. The Morgan fingerprint density at radius 1 is 1.26 bits per heavy atom. The van der Waals surface area contributed by atoms with Gasteiger partial charge in [0, 0.05) is 31.1 Å². The van der Waals surface area contributed by atoms with E-state index in [2.05, 4.69) is 10.3 Å². The summed E-state index contributed by atoms with van der Waals surface area (Å²) in [4.78, 5) is 4.52. The van der Waals surface area contributed by atoms with Gasteiger partial charge >= 0.3 is 6.18 Å². The second-order valence-corrected chi connectivity index (χ2v) is 5.47. The van der Waals surface area contributed by atoms with E-state index in [4.69, 9.17) is 0 Å². The molecule has 1 aromatic rings. The smallest absolute Gasteiger partial charge is 0.322 e. The van der Waals surface area contributed by atoms with E-state index in [0.29, 0.717) is 18.8 Å². The van der Waals surface area contributed by atoms with Crippen LogP contribution in [0.1, 0.15) is 48.8 Å². The van der Waals surface area contributed by atoms with E-state index in [1.807, 2.05) is 0 Å². The van der Waals surface area contributed by atoms with Crippen LogP contribution in [0, 0.1) is 0 Å². The topological polar surface area (TPSA) is 29.9 Å². The summed E-state index contributed by atoms with van der Waals surface area (Å²) in [5, 5.41) is 3.18. The average molecular weight is 273 g/mol. The lowest BCUT2D eigenvalue weighted by Crippen LogP contribution is -2.27. The van der Waals surface area contributed by atoms with Crippen LogP contribution in [0.25, 0.3) is 0 Å². The zero-order valence-electron chi connectivity index (χ0n) is 10.8. The number of nitrogens with zero attached hydrogens (tertiary/aromatic N) is 2. The first kappa shape index (κ1) is 13.0. The summed E-state index contributed by atoms with van der Waals surface area (Å²) in [5.74, 6) is 0.886. The van der Waals surface area contributed by atoms with Crippen molar-refractivity contribution < 1.29 is 13.2 Å². The third kappa shape index (κ3) is 2.63. The van der Waals surface area contributed by atoms with Crippen LogP contribution in [0.15, 0.2) is 0 Å². The lowest BCUT2D eigenvalue weighted by molar-refractivity contribution is -0.141. The van der Waals surface area contributed by atoms with E-state index < -0.39 is 12.7 Å². The van der Waals surface area contributed by atoms with E-state index in [0.717, 1.165) is 43.6 Å². The maximum Gasteiger partial charge on any atom is 0.406 e. The first-order chi connectivity index (χ1) is 9.04. The van der Waals surface area contributed by atoms with E-state index in [1.54, 1.807) is 0 Å². The molecule has 1 aliphatic carbocycles. The van der Waals surface area contributed by atoms with Crippen molar-refractivity contribution in [1.29, 1.82) is 0 Å². The fourth-order valence-electron chi connectivity index (χ4n) is 3.24. The maximum absolute atomic E-state index is 12.8. The molecule has 0 radical (unpaired) electrons. The first-order valence-corrected chi connectivity index (χ1v) is 6.90. The van der Waals surface area contributed by atoms with Crippen LogP contribution in [0.3, 0.4) is 0 Å². The zero-order valence-corrected chi connectivity index (χ0v) is 10.8. The standard InChI is InChI=1S/C13H18F3N3/c14-13(15,16)8-19-11-5-6-17-7-10(11)18-12(19)9-3-1-2-4-9/h9,17H,1-8H2. The molecule has 6 heteroatoms. The Labute approximate surface area is 110 Å². The molecule has 3 nitrogen and oxygen atoms in total. The van der Waals surface area contributed by atoms with Crippen LogP contribution in [0.5, 0.6) is 0 Å². The second-order valence-electron chi connectivity index (χ2n) is 5.47. The molecule has 0 saturated heterocycles. The van der Waals surface area contributed by atoms with Gasteiger partial charge in [-0.25, -0.2) is 4.98 Å². The second kappa shape index (κ2) is 4.81. The molecule has 2 heterocycles.